The Balaban J connectivity index is -0.000000269. The zero-order valence-corrected chi connectivity index (χ0v) is 28.8. The van der Waals surface area contributed by atoms with Gasteiger partial charge in [0.1, 0.15) is 0 Å². The highest BCUT2D eigenvalue weighted by Gasteiger charge is 2.21. The van der Waals surface area contributed by atoms with Gasteiger partial charge < -0.3 is 59.2 Å². The minimum Gasteiger partial charge on any atom is -0.465 e. The van der Waals surface area contributed by atoms with Crippen LogP contribution in [-0.2, 0) is 76.3 Å². The maximum atomic E-state index is 10.9. The summed E-state index contributed by atoms with van der Waals surface area (Å²) in [6.45, 7) is 0. The fourth-order valence-corrected chi connectivity index (χ4v) is 2.26. The van der Waals surface area contributed by atoms with Gasteiger partial charge >= 0.3 is 47.8 Å². The average molecular weight is 693 g/mol. The molecule has 0 saturated carbocycles. The van der Waals surface area contributed by atoms with E-state index in [4.69, 9.17) is 0 Å². The van der Waals surface area contributed by atoms with Crippen molar-refractivity contribution in [2.45, 2.75) is 0 Å². The lowest BCUT2D eigenvalue weighted by Crippen LogP contribution is -2.18. The SMILES string of the molecule is CNC=C(C(=O)OC)C(=O)OC.CNC=C(C(=O)OC)C(=O)OC.CNC=C(C(=O)OC)C(=O)OC.CNC=C(C(=O)OC)C(=O)OC. The van der Waals surface area contributed by atoms with Gasteiger partial charge in [0.2, 0.25) is 0 Å². The molecule has 0 aromatic rings. The Hall–Kier alpha value is -6.08. The summed E-state index contributed by atoms with van der Waals surface area (Å²) >= 11 is 0. The van der Waals surface area contributed by atoms with E-state index in [0.717, 1.165) is 0 Å². The lowest BCUT2D eigenvalue weighted by Gasteiger charge is -2.02. The molecule has 0 rings (SSSR count). The normalized spacial score (nSPS) is 8.25. The smallest absolute Gasteiger partial charge is 0.346 e. The molecular weight excluding hydrogens is 648 g/mol. The number of hydrogen-bond donors (Lipinski definition) is 4. The van der Waals surface area contributed by atoms with E-state index in [1.54, 1.807) is 28.2 Å². The highest BCUT2D eigenvalue weighted by Crippen LogP contribution is 2.00. The Morgan fingerprint density at radius 1 is 0.292 bits per heavy atom. The molecule has 0 aliphatic carbocycles. The van der Waals surface area contributed by atoms with Crippen LogP contribution in [0.2, 0.25) is 0 Å². The predicted octanol–water partition coefficient (Wildman–Crippen LogP) is -2.26. The molecule has 272 valence electrons. The summed E-state index contributed by atoms with van der Waals surface area (Å²) in [5.74, 6) is -5.81. The van der Waals surface area contributed by atoms with E-state index < -0.39 is 47.8 Å². The van der Waals surface area contributed by atoms with Gasteiger partial charge in [0.15, 0.2) is 22.3 Å². The molecule has 0 aromatic carbocycles. The van der Waals surface area contributed by atoms with Gasteiger partial charge in [-0.15, -0.1) is 0 Å². The van der Waals surface area contributed by atoms with E-state index in [1.165, 1.54) is 81.7 Å². The Bertz CT molecular complexity index is 950. The molecule has 0 bridgehead atoms. The molecule has 0 spiro atoms. The fraction of sp³-hybridized carbons (Fsp3) is 0.429. The van der Waals surface area contributed by atoms with Crippen LogP contribution in [0, 0.1) is 0 Å². The summed E-state index contributed by atoms with van der Waals surface area (Å²) in [5.41, 5.74) is -0.657. The zero-order valence-electron chi connectivity index (χ0n) is 28.8. The molecule has 0 aliphatic rings. The van der Waals surface area contributed by atoms with Gasteiger partial charge in [0.05, 0.1) is 56.9 Å². The summed E-state index contributed by atoms with van der Waals surface area (Å²) in [7, 11) is 15.8. The van der Waals surface area contributed by atoms with Crippen molar-refractivity contribution in [2.75, 3.05) is 85.1 Å². The maximum Gasteiger partial charge on any atom is 0.346 e. The molecule has 0 fully saturated rings. The number of hydrogen-bond acceptors (Lipinski definition) is 20. The predicted molar refractivity (Wildman–Crippen MR) is 165 cm³/mol. The number of carbonyl (C=O) groups excluding carboxylic acids is 8. The van der Waals surface area contributed by atoms with Crippen molar-refractivity contribution >= 4 is 47.8 Å². The summed E-state index contributed by atoms with van der Waals surface area (Å²) in [6.07, 6.45) is 4.88. The van der Waals surface area contributed by atoms with Crippen LogP contribution in [-0.4, -0.2) is 133 Å². The van der Waals surface area contributed by atoms with Crippen molar-refractivity contribution in [1.29, 1.82) is 0 Å². The van der Waals surface area contributed by atoms with Gasteiger partial charge in [-0.2, -0.15) is 0 Å². The lowest BCUT2D eigenvalue weighted by atomic mass is 10.3. The summed E-state index contributed by atoms with van der Waals surface area (Å²) in [6, 6.07) is 0. The minimum atomic E-state index is -0.726. The van der Waals surface area contributed by atoms with Gasteiger partial charge in [-0.3, -0.25) is 0 Å². The number of ether oxygens (including phenoxy) is 8. The van der Waals surface area contributed by atoms with Gasteiger partial charge in [0.25, 0.3) is 0 Å². The molecule has 4 N–H and O–H groups in total. The van der Waals surface area contributed by atoms with E-state index in [2.05, 4.69) is 59.2 Å². The molecule has 0 radical (unpaired) electrons. The first-order chi connectivity index (χ1) is 22.7. The average Bonchev–Trinajstić information content (AvgIpc) is 3.12. The molecule has 0 amide bonds. The standard InChI is InChI=1S/4C7H11NO4/c4*1-8-4-5(6(9)11-2)7(10)12-3/h4*4,8H,1-3H3. The molecular formula is C28H44N4O16. The quantitative estimate of drug-likeness (QED) is 0.0553. The van der Waals surface area contributed by atoms with E-state index in [1.807, 2.05) is 0 Å². The van der Waals surface area contributed by atoms with Crippen LogP contribution >= 0.6 is 0 Å². The minimum absolute atomic E-state index is 0.164. The van der Waals surface area contributed by atoms with E-state index >= 15 is 0 Å². The number of nitrogens with one attached hydrogen (secondary N) is 4. The second-order valence-corrected chi connectivity index (χ2v) is 7.32. The van der Waals surface area contributed by atoms with Crippen LogP contribution in [0.15, 0.2) is 47.1 Å². The van der Waals surface area contributed by atoms with Crippen LogP contribution < -0.4 is 21.3 Å². The molecule has 20 nitrogen and oxygen atoms in total. The third kappa shape index (κ3) is 20.8. The molecule has 0 aliphatic heterocycles. The highest BCUT2D eigenvalue weighted by molar-refractivity contribution is 6.15. The first-order valence-corrected chi connectivity index (χ1v) is 12.8. The Labute approximate surface area is 277 Å². The molecule has 0 heterocycles. The first-order valence-electron chi connectivity index (χ1n) is 12.8. The molecule has 0 saturated heterocycles. The molecule has 48 heavy (non-hydrogen) atoms. The lowest BCUT2D eigenvalue weighted by molar-refractivity contribution is -0.145. The van der Waals surface area contributed by atoms with Gasteiger partial charge in [0, 0.05) is 53.0 Å². The van der Waals surface area contributed by atoms with Crippen molar-refractivity contribution in [3.8, 4) is 0 Å². The third-order valence-corrected chi connectivity index (χ3v) is 4.40. The second-order valence-electron chi connectivity index (χ2n) is 7.32. The van der Waals surface area contributed by atoms with Gasteiger partial charge in [-0.1, -0.05) is 0 Å². The van der Waals surface area contributed by atoms with Crippen molar-refractivity contribution in [3.63, 3.8) is 0 Å². The molecule has 0 aromatic heterocycles. The zero-order chi connectivity index (χ0) is 38.2. The van der Waals surface area contributed by atoms with Crippen LogP contribution in [0.1, 0.15) is 0 Å². The van der Waals surface area contributed by atoms with Crippen molar-refractivity contribution < 1.29 is 76.3 Å². The van der Waals surface area contributed by atoms with Crippen LogP contribution in [0.3, 0.4) is 0 Å². The summed E-state index contributed by atoms with van der Waals surface area (Å²) in [5, 5.41) is 10.1. The number of methoxy groups -OCH3 is 8. The Morgan fingerprint density at radius 2 is 0.396 bits per heavy atom. The largest absolute Gasteiger partial charge is 0.465 e. The van der Waals surface area contributed by atoms with Crippen molar-refractivity contribution in [3.05, 3.63) is 47.1 Å². The van der Waals surface area contributed by atoms with E-state index in [-0.39, 0.29) is 22.3 Å². The Kier molecular flexibility index (Phi) is 31.5. The highest BCUT2D eigenvalue weighted by atomic mass is 16.6. The molecule has 20 heteroatoms. The topological polar surface area (TPSA) is 259 Å². The fourth-order valence-electron chi connectivity index (χ4n) is 2.26. The van der Waals surface area contributed by atoms with Gasteiger partial charge in [-0.05, 0) is 0 Å². The summed E-state index contributed by atoms with van der Waals surface area (Å²) < 4.78 is 34.7. The number of esters is 8. The number of carbonyl (C=O) groups is 8. The first kappa shape index (κ1) is 48.8. The van der Waals surface area contributed by atoms with E-state index in [9.17, 15) is 38.4 Å². The monoisotopic (exact) mass is 692 g/mol. The maximum absolute atomic E-state index is 10.9. The molecule has 0 unspecified atom stereocenters. The van der Waals surface area contributed by atoms with Gasteiger partial charge in [-0.25, -0.2) is 38.4 Å². The van der Waals surface area contributed by atoms with Crippen LogP contribution in [0.25, 0.3) is 0 Å². The molecule has 0 atom stereocenters. The summed E-state index contributed by atoms with van der Waals surface area (Å²) in [4.78, 5) is 87.0. The van der Waals surface area contributed by atoms with Crippen LogP contribution in [0.4, 0.5) is 0 Å². The van der Waals surface area contributed by atoms with Crippen molar-refractivity contribution in [1.82, 2.24) is 21.3 Å². The van der Waals surface area contributed by atoms with Crippen molar-refractivity contribution in [2.24, 2.45) is 0 Å². The van der Waals surface area contributed by atoms with E-state index in [0.29, 0.717) is 0 Å². The Morgan fingerprint density at radius 3 is 0.458 bits per heavy atom. The number of rotatable bonds is 12. The third-order valence-electron chi connectivity index (χ3n) is 4.40. The van der Waals surface area contributed by atoms with Crippen LogP contribution in [0.5, 0.6) is 0 Å². The second kappa shape index (κ2) is 30.9.